The zero-order chi connectivity index (χ0) is 14.3. The largest absolute Gasteiger partial charge is 0.485 e. The first-order valence-electron chi connectivity index (χ1n) is 6.25. The van der Waals surface area contributed by atoms with Gasteiger partial charge >= 0.3 is 0 Å². The van der Waals surface area contributed by atoms with E-state index in [4.69, 9.17) is 17.0 Å². The Labute approximate surface area is 127 Å². The van der Waals surface area contributed by atoms with Crippen LogP contribution in [0.2, 0.25) is 0 Å². The number of para-hydroxylation sites is 1. The van der Waals surface area contributed by atoms with E-state index in [2.05, 4.69) is 6.08 Å². The molecule has 2 aliphatic heterocycles. The number of likely N-dealkylation sites (N-methyl/N-ethyl adjacent to an activating group) is 1. The van der Waals surface area contributed by atoms with E-state index in [0.29, 0.717) is 9.23 Å². The monoisotopic (exact) mass is 303 g/mol. The van der Waals surface area contributed by atoms with Crippen LogP contribution in [0.15, 0.2) is 40.8 Å². The van der Waals surface area contributed by atoms with Gasteiger partial charge in [-0.25, -0.2) is 0 Å². The second kappa shape index (κ2) is 5.07. The van der Waals surface area contributed by atoms with Crippen molar-refractivity contribution in [3.63, 3.8) is 0 Å². The van der Waals surface area contributed by atoms with Crippen LogP contribution in [0.5, 0.6) is 5.75 Å². The second-order valence-corrected chi connectivity index (χ2v) is 6.36. The second-order valence-electron chi connectivity index (χ2n) is 4.68. The van der Waals surface area contributed by atoms with E-state index in [-0.39, 0.29) is 12.0 Å². The molecule has 1 saturated heterocycles. The van der Waals surface area contributed by atoms with E-state index in [1.807, 2.05) is 37.3 Å². The number of nitrogens with zero attached hydrogens (tertiary/aromatic N) is 1. The molecule has 1 atom stereocenters. The lowest BCUT2D eigenvalue weighted by molar-refractivity contribution is -0.121. The van der Waals surface area contributed by atoms with E-state index >= 15 is 0 Å². The van der Waals surface area contributed by atoms with Gasteiger partial charge in [0, 0.05) is 12.6 Å². The predicted molar refractivity (Wildman–Crippen MR) is 85.6 cm³/mol. The van der Waals surface area contributed by atoms with Crippen LogP contribution in [0, 0.1) is 0 Å². The molecular weight excluding hydrogens is 290 g/mol. The maximum atomic E-state index is 12.0. The minimum Gasteiger partial charge on any atom is -0.485 e. The number of amides is 1. The molecule has 3 rings (SSSR count). The number of carbonyl (C=O) groups excluding carboxylic acids is 1. The molecule has 0 bridgehead atoms. The lowest BCUT2D eigenvalue weighted by Gasteiger charge is -2.22. The Balaban J connectivity index is 1.97. The average molecular weight is 303 g/mol. The van der Waals surface area contributed by atoms with Gasteiger partial charge in [-0.3, -0.25) is 9.69 Å². The molecule has 0 unspecified atom stereocenters. The molecule has 1 aromatic carbocycles. The highest BCUT2D eigenvalue weighted by molar-refractivity contribution is 8.26. The van der Waals surface area contributed by atoms with E-state index in [1.54, 1.807) is 7.05 Å². The Hall–Kier alpha value is -1.59. The van der Waals surface area contributed by atoms with Gasteiger partial charge in [0.15, 0.2) is 0 Å². The van der Waals surface area contributed by atoms with E-state index in [1.165, 1.54) is 16.7 Å². The molecule has 102 valence electrons. The molecule has 5 heteroatoms. The van der Waals surface area contributed by atoms with Crippen molar-refractivity contribution in [1.29, 1.82) is 0 Å². The topological polar surface area (TPSA) is 29.5 Å². The molecule has 0 aliphatic carbocycles. The van der Waals surface area contributed by atoms with Gasteiger partial charge < -0.3 is 4.74 Å². The zero-order valence-electron chi connectivity index (χ0n) is 11.1. The molecule has 2 heterocycles. The molecular formula is C15H13NO2S2. The number of hydrogen-bond acceptors (Lipinski definition) is 4. The number of ether oxygens (including phenoxy) is 1. The number of thiocarbonyl (C=S) groups is 1. The summed E-state index contributed by atoms with van der Waals surface area (Å²) in [7, 11) is 1.70. The smallest absolute Gasteiger partial charge is 0.265 e. The summed E-state index contributed by atoms with van der Waals surface area (Å²) in [4.78, 5) is 14.2. The van der Waals surface area contributed by atoms with E-state index in [0.717, 1.165) is 16.9 Å². The van der Waals surface area contributed by atoms with Crippen molar-refractivity contribution in [3.05, 3.63) is 46.4 Å². The molecule has 0 radical (unpaired) electrons. The number of carbonyl (C=O) groups is 1. The molecule has 3 nitrogen and oxygen atoms in total. The highest BCUT2D eigenvalue weighted by Gasteiger charge is 2.30. The molecule has 0 N–H and O–H groups in total. The van der Waals surface area contributed by atoms with Gasteiger partial charge in [0.2, 0.25) is 0 Å². The lowest BCUT2D eigenvalue weighted by atomic mass is 10.0. The normalized spacial score (nSPS) is 23.7. The van der Waals surface area contributed by atoms with Crippen LogP contribution in [-0.4, -0.2) is 28.3 Å². The maximum absolute atomic E-state index is 12.0. The quantitative estimate of drug-likeness (QED) is 0.588. The number of thioether (sulfide) groups is 1. The number of rotatable bonds is 1. The van der Waals surface area contributed by atoms with E-state index < -0.39 is 0 Å². The molecule has 0 saturated carbocycles. The van der Waals surface area contributed by atoms with Crippen LogP contribution in [0.3, 0.4) is 0 Å². The Morgan fingerprint density at radius 2 is 2.15 bits per heavy atom. The van der Waals surface area contributed by atoms with Crippen LogP contribution in [0.4, 0.5) is 0 Å². The van der Waals surface area contributed by atoms with Crippen LogP contribution in [-0.2, 0) is 4.79 Å². The average Bonchev–Trinajstić information content (AvgIpc) is 2.67. The third-order valence-corrected chi connectivity index (χ3v) is 4.78. The Morgan fingerprint density at radius 1 is 1.40 bits per heavy atom. The standard InChI is InChI=1S/C15H13NO2S2/c1-9-11(7-10-5-3-4-6-12(10)18-9)8-13-14(17)16(2)15(19)20-13/h3-9H,1-2H3/b13-8+/t9-/m0/s1. The molecule has 1 amide bonds. The fourth-order valence-corrected chi connectivity index (χ4v) is 3.30. The minimum absolute atomic E-state index is 0.0491. The number of fused-ring (bicyclic) bond motifs is 1. The third kappa shape index (κ3) is 2.27. The summed E-state index contributed by atoms with van der Waals surface area (Å²) < 4.78 is 6.45. The highest BCUT2D eigenvalue weighted by Crippen LogP contribution is 2.34. The highest BCUT2D eigenvalue weighted by atomic mass is 32.2. The van der Waals surface area contributed by atoms with Crippen LogP contribution in [0.1, 0.15) is 12.5 Å². The van der Waals surface area contributed by atoms with Crippen molar-refractivity contribution >= 4 is 40.3 Å². The number of benzene rings is 1. The summed E-state index contributed by atoms with van der Waals surface area (Å²) in [5.74, 6) is 0.826. The maximum Gasteiger partial charge on any atom is 0.265 e. The van der Waals surface area contributed by atoms with Gasteiger partial charge in [-0.2, -0.15) is 0 Å². The van der Waals surface area contributed by atoms with Crippen molar-refractivity contribution in [1.82, 2.24) is 4.90 Å². The summed E-state index contributed by atoms with van der Waals surface area (Å²) in [6.45, 7) is 1.98. The zero-order valence-corrected chi connectivity index (χ0v) is 12.8. The number of hydrogen-bond donors (Lipinski definition) is 0. The summed E-state index contributed by atoms with van der Waals surface area (Å²) in [5.41, 5.74) is 2.02. The first kappa shape index (κ1) is 13.4. The van der Waals surface area contributed by atoms with Crippen molar-refractivity contribution < 1.29 is 9.53 Å². The molecule has 1 fully saturated rings. The van der Waals surface area contributed by atoms with E-state index in [9.17, 15) is 4.79 Å². The van der Waals surface area contributed by atoms with Crippen molar-refractivity contribution in [2.75, 3.05) is 7.05 Å². The van der Waals surface area contributed by atoms with Crippen molar-refractivity contribution in [2.24, 2.45) is 0 Å². The predicted octanol–water partition coefficient (Wildman–Crippen LogP) is 3.22. The van der Waals surface area contributed by atoms with Gasteiger partial charge in [-0.05, 0) is 30.7 Å². The first-order chi connectivity index (χ1) is 9.56. The minimum atomic E-state index is -0.0784. The first-order valence-corrected chi connectivity index (χ1v) is 7.47. The van der Waals surface area contributed by atoms with Crippen molar-refractivity contribution in [2.45, 2.75) is 13.0 Å². The molecule has 20 heavy (non-hydrogen) atoms. The van der Waals surface area contributed by atoms with Gasteiger partial charge in [-0.1, -0.05) is 42.2 Å². The fraction of sp³-hybridized carbons (Fsp3) is 0.200. The summed E-state index contributed by atoms with van der Waals surface area (Å²) >= 11 is 6.46. The molecule has 0 spiro atoms. The van der Waals surface area contributed by atoms with Gasteiger partial charge in [0.25, 0.3) is 5.91 Å². The summed E-state index contributed by atoms with van der Waals surface area (Å²) in [5, 5.41) is 0. The molecule has 1 aromatic rings. The van der Waals surface area contributed by atoms with Crippen LogP contribution < -0.4 is 4.74 Å². The molecule has 0 aromatic heterocycles. The fourth-order valence-electron chi connectivity index (χ4n) is 2.12. The van der Waals surface area contributed by atoms with Crippen LogP contribution in [0.25, 0.3) is 6.08 Å². The Morgan fingerprint density at radius 3 is 2.85 bits per heavy atom. The lowest BCUT2D eigenvalue weighted by Crippen LogP contribution is -2.23. The SMILES string of the molecule is C[C@@H]1Oc2ccccc2C=C1/C=C1/SC(=S)N(C)C1=O. The third-order valence-electron chi connectivity index (χ3n) is 3.30. The van der Waals surface area contributed by atoms with Gasteiger partial charge in [-0.15, -0.1) is 0 Å². The Bertz CT molecular complexity index is 664. The van der Waals surface area contributed by atoms with Gasteiger partial charge in [0.05, 0.1) is 4.91 Å². The molecule has 2 aliphatic rings. The van der Waals surface area contributed by atoms with Crippen molar-refractivity contribution in [3.8, 4) is 5.75 Å². The Kier molecular flexibility index (Phi) is 3.40. The summed E-state index contributed by atoms with van der Waals surface area (Å²) in [6, 6.07) is 7.87. The van der Waals surface area contributed by atoms with Crippen LogP contribution >= 0.6 is 24.0 Å². The van der Waals surface area contributed by atoms with Gasteiger partial charge in [0.1, 0.15) is 16.2 Å². The summed E-state index contributed by atoms with van der Waals surface area (Å²) in [6.07, 6.45) is 3.86.